The Labute approximate surface area is 114 Å². The van der Waals surface area contributed by atoms with Crippen LogP contribution in [0.4, 0.5) is 4.39 Å². The molecule has 96 valence electrons. The molecule has 0 aliphatic heterocycles. The Bertz CT molecular complexity index is 492. The summed E-state index contributed by atoms with van der Waals surface area (Å²) in [5.74, 6) is -0.940. The number of nitrogens with one attached hydrogen (secondary N) is 1. The molecular formula is C13H14BrFN2O. The first-order chi connectivity index (χ1) is 8.48. The molecule has 0 radical (unpaired) electrons. The summed E-state index contributed by atoms with van der Waals surface area (Å²) >= 11 is 3.02. The minimum Gasteiger partial charge on any atom is -0.334 e. The number of benzene rings is 1. The number of carbonyl (C=O) groups excluding carboxylic acids is 1. The summed E-state index contributed by atoms with van der Waals surface area (Å²) in [6, 6.07) is 6.23. The van der Waals surface area contributed by atoms with Gasteiger partial charge in [-0.25, -0.2) is 4.39 Å². The molecular weight excluding hydrogens is 299 g/mol. The van der Waals surface area contributed by atoms with E-state index in [1.165, 1.54) is 12.1 Å². The van der Waals surface area contributed by atoms with Crippen LogP contribution in [0.3, 0.4) is 0 Å². The maximum atomic E-state index is 13.3. The Morgan fingerprint density at radius 3 is 2.56 bits per heavy atom. The summed E-state index contributed by atoms with van der Waals surface area (Å²) in [7, 11) is 0. The fourth-order valence-corrected chi connectivity index (χ4v) is 1.79. The lowest BCUT2D eigenvalue weighted by Crippen LogP contribution is -2.46. The number of rotatable bonds is 4. The van der Waals surface area contributed by atoms with E-state index in [1.54, 1.807) is 0 Å². The van der Waals surface area contributed by atoms with Crippen molar-refractivity contribution in [1.29, 1.82) is 5.26 Å². The van der Waals surface area contributed by atoms with Gasteiger partial charge in [-0.05, 0) is 47.0 Å². The van der Waals surface area contributed by atoms with Crippen molar-refractivity contribution in [2.75, 3.05) is 0 Å². The summed E-state index contributed by atoms with van der Waals surface area (Å²) in [5, 5.41) is 11.8. The second kappa shape index (κ2) is 5.96. The van der Waals surface area contributed by atoms with Gasteiger partial charge in [0.25, 0.3) is 5.91 Å². The number of hydrogen-bond acceptors (Lipinski definition) is 2. The molecule has 0 unspecified atom stereocenters. The van der Waals surface area contributed by atoms with Gasteiger partial charge < -0.3 is 5.32 Å². The number of carbonyl (C=O) groups is 1. The Morgan fingerprint density at radius 1 is 1.50 bits per heavy atom. The highest BCUT2D eigenvalue weighted by Gasteiger charge is 2.28. The van der Waals surface area contributed by atoms with Crippen molar-refractivity contribution in [2.24, 2.45) is 0 Å². The van der Waals surface area contributed by atoms with E-state index in [-0.39, 0.29) is 5.56 Å². The number of nitrogens with zero attached hydrogens (tertiary/aromatic N) is 1. The zero-order valence-electron chi connectivity index (χ0n) is 10.3. The first-order valence-corrected chi connectivity index (χ1v) is 6.46. The van der Waals surface area contributed by atoms with Crippen LogP contribution >= 0.6 is 15.9 Å². The van der Waals surface area contributed by atoms with Gasteiger partial charge in [0.15, 0.2) is 0 Å². The smallest absolute Gasteiger partial charge is 0.252 e. The molecule has 0 aliphatic carbocycles. The molecule has 0 spiro atoms. The fraction of sp³-hybridized carbons (Fsp3) is 0.385. The van der Waals surface area contributed by atoms with Crippen LogP contribution in [0.1, 0.15) is 37.0 Å². The third-order valence-corrected chi connectivity index (χ3v) is 3.60. The third-order valence-electron chi connectivity index (χ3n) is 2.96. The predicted octanol–water partition coefficient (Wildman–Crippen LogP) is 3.40. The van der Waals surface area contributed by atoms with Crippen LogP contribution in [0.5, 0.6) is 0 Å². The average molecular weight is 313 g/mol. The Kier molecular flexibility index (Phi) is 4.85. The molecule has 1 rings (SSSR count). The zero-order chi connectivity index (χ0) is 13.8. The number of amides is 1. The van der Waals surface area contributed by atoms with Crippen LogP contribution in [0.15, 0.2) is 22.7 Å². The second-order valence-corrected chi connectivity index (χ2v) is 4.84. The van der Waals surface area contributed by atoms with Gasteiger partial charge in [0.05, 0.1) is 10.5 Å². The van der Waals surface area contributed by atoms with E-state index >= 15 is 0 Å². The van der Waals surface area contributed by atoms with Crippen molar-refractivity contribution in [2.45, 2.75) is 32.2 Å². The molecule has 0 aliphatic rings. The summed E-state index contributed by atoms with van der Waals surface area (Å²) in [6.07, 6.45) is 1.01. The molecule has 3 nitrogen and oxygen atoms in total. The van der Waals surface area contributed by atoms with Crippen molar-refractivity contribution in [3.05, 3.63) is 34.1 Å². The average Bonchev–Trinajstić information content (AvgIpc) is 2.39. The maximum Gasteiger partial charge on any atom is 0.252 e. The highest BCUT2D eigenvalue weighted by atomic mass is 79.9. The highest BCUT2D eigenvalue weighted by Crippen LogP contribution is 2.18. The maximum absolute atomic E-state index is 13.3. The van der Waals surface area contributed by atoms with Gasteiger partial charge in [-0.2, -0.15) is 5.26 Å². The molecule has 0 atom stereocenters. The molecule has 1 aromatic rings. The van der Waals surface area contributed by atoms with Crippen molar-refractivity contribution in [1.82, 2.24) is 5.32 Å². The number of hydrogen-bond donors (Lipinski definition) is 1. The lowest BCUT2D eigenvalue weighted by Gasteiger charge is -2.24. The van der Waals surface area contributed by atoms with E-state index in [4.69, 9.17) is 5.26 Å². The van der Waals surface area contributed by atoms with Crippen LogP contribution in [-0.4, -0.2) is 11.4 Å². The second-order valence-electron chi connectivity index (χ2n) is 3.98. The minimum absolute atomic E-state index is 0.206. The normalized spacial score (nSPS) is 10.8. The van der Waals surface area contributed by atoms with E-state index < -0.39 is 17.3 Å². The van der Waals surface area contributed by atoms with Gasteiger partial charge in [-0.3, -0.25) is 4.79 Å². The molecule has 0 saturated carbocycles. The standard InChI is InChI=1S/C13H14BrFN2O/c1-3-13(4-2,8-16)17-12(18)9-5-6-10(14)11(15)7-9/h5-7H,3-4H2,1-2H3,(H,17,18). The molecule has 1 amide bonds. The van der Waals surface area contributed by atoms with Gasteiger partial charge >= 0.3 is 0 Å². The van der Waals surface area contributed by atoms with Crippen LogP contribution in [-0.2, 0) is 0 Å². The van der Waals surface area contributed by atoms with E-state index in [2.05, 4.69) is 27.3 Å². The van der Waals surface area contributed by atoms with Crippen LogP contribution < -0.4 is 5.32 Å². The van der Waals surface area contributed by atoms with Crippen LogP contribution in [0.25, 0.3) is 0 Å². The monoisotopic (exact) mass is 312 g/mol. The molecule has 1 N–H and O–H groups in total. The van der Waals surface area contributed by atoms with Crippen molar-refractivity contribution < 1.29 is 9.18 Å². The lowest BCUT2D eigenvalue weighted by atomic mass is 9.94. The van der Waals surface area contributed by atoms with Gasteiger partial charge in [-0.1, -0.05) is 13.8 Å². The van der Waals surface area contributed by atoms with E-state index in [9.17, 15) is 9.18 Å². The Morgan fingerprint density at radius 2 is 2.11 bits per heavy atom. The SMILES string of the molecule is CCC(C#N)(CC)NC(=O)c1ccc(Br)c(F)c1. The minimum atomic E-state index is -0.888. The van der Waals surface area contributed by atoms with Gasteiger partial charge in [0.1, 0.15) is 11.4 Å². The topological polar surface area (TPSA) is 52.9 Å². The van der Waals surface area contributed by atoms with Crippen LogP contribution in [0.2, 0.25) is 0 Å². The number of nitriles is 1. The van der Waals surface area contributed by atoms with Gasteiger partial charge in [0.2, 0.25) is 0 Å². The fourth-order valence-electron chi connectivity index (χ4n) is 1.54. The third kappa shape index (κ3) is 3.08. The largest absolute Gasteiger partial charge is 0.334 e. The van der Waals surface area contributed by atoms with E-state index in [0.717, 1.165) is 6.07 Å². The molecule has 0 bridgehead atoms. The van der Waals surface area contributed by atoms with Gasteiger partial charge in [-0.15, -0.1) is 0 Å². The van der Waals surface area contributed by atoms with Crippen molar-refractivity contribution >= 4 is 21.8 Å². The molecule has 5 heteroatoms. The lowest BCUT2D eigenvalue weighted by molar-refractivity contribution is 0.0915. The predicted molar refractivity (Wildman–Crippen MR) is 70.5 cm³/mol. The summed E-state index contributed by atoms with van der Waals surface area (Å²) in [6.45, 7) is 3.66. The van der Waals surface area contributed by atoms with Crippen molar-refractivity contribution in [3.8, 4) is 6.07 Å². The van der Waals surface area contributed by atoms with Gasteiger partial charge in [0, 0.05) is 5.56 Å². The zero-order valence-corrected chi connectivity index (χ0v) is 11.8. The van der Waals surface area contributed by atoms with E-state index in [0.29, 0.717) is 17.3 Å². The molecule has 0 aromatic heterocycles. The summed E-state index contributed by atoms with van der Waals surface area (Å²) in [4.78, 5) is 12.0. The molecule has 0 saturated heterocycles. The molecule has 1 aromatic carbocycles. The number of halogens is 2. The summed E-state index contributed by atoms with van der Waals surface area (Å²) in [5.41, 5.74) is -0.682. The Balaban J connectivity index is 2.95. The Hall–Kier alpha value is -1.41. The highest BCUT2D eigenvalue weighted by molar-refractivity contribution is 9.10. The van der Waals surface area contributed by atoms with Crippen LogP contribution in [0, 0.1) is 17.1 Å². The first-order valence-electron chi connectivity index (χ1n) is 5.67. The summed E-state index contributed by atoms with van der Waals surface area (Å²) < 4.78 is 13.6. The van der Waals surface area contributed by atoms with Crippen molar-refractivity contribution in [3.63, 3.8) is 0 Å². The first kappa shape index (κ1) is 14.7. The quantitative estimate of drug-likeness (QED) is 0.926. The molecule has 0 fully saturated rings. The molecule has 18 heavy (non-hydrogen) atoms. The molecule has 0 heterocycles. The van der Waals surface area contributed by atoms with E-state index in [1.807, 2.05) is 13.8 Å².